The molecule has 0 spiro atoms. The molecule has 0 aromatic heterocycles. The van der Waals surface area contributed by atoms with Crippen LogP contribution in [0.2, 0.25) is 0 Å². The highest BCUT2D eigenvalue weighted by Crippen LogP contribution is 2.22. The largest absolute Gasteiger partial charge is 0.384 e. The van der Waals surface area contributed by atoms with Gasteiger partial charge in [-0.3, -0.25) is 4.79 Å². The quantitative estimate of drug-likeness (QED) is 0.813. The van der Waals surface area contributed by atoms with Crippen LogP contribution in [0, 0.1) is 12.8 Å². The van der Waals surface area contributed by atoms with E-state index in [9.17, 15) is 4.79 Å². The predicted octanol–water partition coefficient (Wildman–Crippen LogP) is 3.39. The van der Waals surface area contributed by atoms with Crippen LogP contribution in [0.5, 0.6) is 0 Å². The SMILES string of the molecule is CCc1cccc(C)c1NC(=O)C(Cl)C(C)COC. The molecular formula is C15H22ClNO2. The van der Waals surface area contributed by atoms with Gasteiger partial charge in [0.05, 0.1) is 6.61 Å². The third kappa shape index (κ3) is 4.22. The van der Waals surface area contributed by atoms with Gasteiger partial charge in [0.15, 0.2) is 0 Å². The highest BCUT2D eigenvalue weighted by atomic mass is 35.5. The Morgan fingerprint density at radius 1 is 1.47 bits per heavy atom. The number of anilines is 1. The van der Waals surface area contributed by atoms with Crippen molar-refractivity contribution in [2.45, 2.75) is 32.6 Å². The van der Waals surface area contributed by atoms with Crippen molar-refractivity contribution < 1.29 is 9.53 Å². The van der Waals surface area contributed by atoms with Crippen molar-refractivity contribution in [3.05, 3.63) is 29.3 Å². The van der Waals surface area contributed by atoms with Crippen molar-refractivity contribution >= 4 is 23.2 Å². The number of amides is 1. The summed E-state index contributed by atoms with van der Waals surface area (Å²) in [6, 6.07) is 6.00. The second-order valence-corrected chi connectivity index (χ2v) is 5.26. The van der Waals surface area contributed by atoms with Crippen LogP contribution in [0.15, 0.2) is 18.2 Å². The average molecular weight is 284 g/mol. The van der Waals surface area contributed by atoms with E-state index in [0.29, 0.717) is 6.61 Å². The van der Waals surface area contributed by atoms with Gasteiger partial charge >= 0.3 is 0 Å². The Kier molecular flexibility index (Phi) is 6.32. The Hall–Kier alpha value is -1.06. The van der Waals surface area contributed by atoms with E-state index in [1.54, 1.807) is 7.11 Å². The van der Waals surface area contributed by atoms with E-state index in [0.717, 1.165) is 23.2 Å². The van der Waals surface area contributed by atoms with Gasteiger partial charge in [0, 0.05) is 18.7 Å². The number of halogens is 1. The smallest absolute Gasteiger partial charge is 0.242 e. The highest BCUT2D eigenvalue weighted by Gasteiger charge is 2.23. The summed E-state index contributed by atoms with van der Waals surface area (Å²) in [5.74, 6) is -0.198. The third-order valence-corrected chi connectivity index (χ3v) is 3.80. The number of rotatable bonds is 6. The molecule has 0 fully saturated rings. The summed E-state index contributed by atoms with van der Waals surface area (Å²) in [6.07, 6.45) is 0.873. The highest BCUT2D eigenvalue weighted by molar-refractivity contribution is 6.32. The zero-order valence-corrected chi connectivity index (χ0v) is 12.8. The third-order valence-electron chi connectivity index (χ3n) is 3.17. The van der Waals surface area contributed by atoms with E-state index in [2.05, 4.69) is 12.2 Å². The summed E-state index contributed by atoms with van der Waals surface area (Å²) >= 11 is 6.17. The zero-order valence-electron chi connectivity index (χ0n) is 12.0. The molecule has 3 nitrogen and oxygen atoms in total. The average Bonchev–Trinajstić information content (AvgIpc) is 2.40. The minimum atomic E-state index is -0.593. The fourth-order valence-electron chi connectivity index (χ4n) is 2.00. The van der Waals surface area contributed by atoms with Gasteiger partial charge < -0.3 is 10.1 Å². The number of para-hydroxylation sites is 1. The van der Waals surface area contributed by atoms with Crippen LogP contribution in [0.4, 0.5) is 5.69 Å². The summed E-state index contributed by atoms with van der Waals surface area (Å²) in [5, 5.41) is 2.35. The predicted molar refractivity (Wildman–Crippen MR) is 79.9 cm³/mol. The maximum atomic E-state index is 12.2. The first-order valence-electron chi connectivity index (χ1n) is 6.53. The summed E-state index contributed by atoms with van der Waals surface area (Å²) in [4.78, 5) is 12.2. The lowest BCUT2D eigenvalue weighted by Crippen LogP contribution is -2.31. The molecule has 1 N–H and O–H groups in total. The molecule has 1 amide bonds. The van der Waals surface area contributed by atoms with Crippen molar-refractivity contribution in [2.75, 3.05) is 19.0 Å². The fourth-order valence-corrected chi connectivity index (χ4v) is 2.13. The molecule has 0 bridgehead atoms. The second kappa shape index (κ2) is 7.51. The number of carbonyl (C=O) groups is 1. The van der Waals surface area contributed by atoms with Crippen LogP contribution in [0.3, 0.4) is 0 Å². The van der Waals surface area contributed by atoms with E-state index in [-0.39, 0.29) is 11.8 Å². The van der Waals surface area contributed by atoms with E-state index >= 15 is 0 Å². The van der Waals surface area contributed by atoms with Crippen LogP contribution < -0.4 is 5.32 Å². The normalized spacial score (nSPS) is 13.9. The molecule has 0 aliphatic heterocycles. The van der Waals surface area contributed by atoms with E-state index in [4.69, 9.17) is 16.3 Å². The summed E-state index contributed by atoms with van der Waals surface area (Å²) in [6.45, 7) is 6.42. The lowest BCUT2D eigenvalue weighted by atomic mass is 10.0. The standard InChI is InChI=1S/C15H22ClNO2/c1-5-12-8-6-7-10(2)14(12)17-15(18)13(16)11(3)9-19-4/h6-8,11,13H,5,9H2,1-4H3,(H,17,18). The monoisotopic (exact) mass is 283 g/mol. The van der Waals surface area contributed by atoms with Crippen LogP contribution >= 0.6 is 11.6 Å². The number of aryl methyl sites for hydroxylation is 2. The summed E-state index contributed by atoms with van der Waals surface area (Å²) in [5.41, 5.74) is 3.05. The Morgan fingerprint density at radius 2 is 2.16 bits per heavy atom. The van der Waals surface area contributed by atoms with Crippen molar-refractivity contribution in [3.8, 4) is 0 Å². The second-order valence-electron chi connectivity index (χ2n) is 4.79. The van der Waals surface area contributed by atoms with Crippen LogP contribution in [-0.4, -0.2) is 25.0 Å². The number of hydrogen-bond donors (Lipinski definition) is 1. The zero-order chi connectivity index (χ0) is 14.4. The molecule has 0 saturated heterocycles. The maximum Gasteiger partial charge on any atom is 0.242 e. The van der Waals surface area contributed by atoms with Crippen molar-refractivity contribution in [3.63, 3.8) is 0 Å². The van der Waals surface area contributed by atoms with E-state index in [1.807, 2.05) is 32.0 Å². The molecule has 19 heavy (non-hydrogen) atoms. The van der Waals surface area contributed by atoms with Gasteiger partial charge in [-0.25, -0.2) is 0 Å². The molecule has 1 aromatic rings. The van der Waals surface area contributed by atoms with Crippen molar-refractivity contribution in [2.24, 2.45) is 5.92 Å². The molecule has 4 heteroatoms. The molecule has 0 aliphatic rings. The minimum absolute atomic E-state index is 0.0271. The van der Waals surface area contributed by atoms with Crippen molar-refractivity contribution in [1.82, 2.24) is 0 Å². The number of hydrogen-bond acceptors (Lipinski definition) is 2. The van der Waals surface area contributed by atoms with Gasteiger partial charge in [-0.1, -0.05) is 32.0 Å². The molecule has 106 valence electrons. The van der Waals surface area contributed by atoms with E-state index < -0.39 is 5.38 Å². The maximum absolute atomic E-state index is 12.2. The molecule has 0 aliphatic carbocycles. The Bertz CT molecular complexity index is 434. The fraction of sp³-hybridized carbons (Fsp3) is 0.533. The molecule has 2 unspecified atom stereocenters. The number of nitrogens with one attached hydrogen (secondary N) is 1. The lowest BCUT2D eigenvalue weighted by molar-refractivity contribution is -0.117. The number of benzene rings is 1. The Labute approximate surface area is 120 Å². The molecule has 0 saturated carbocycles. The first-order chi connectivity index (χ1) is 9.01. The number of alkyl halides is 1. The molecule has 0 heterocycles. The summed E-state index contributed by atoms with van der Waals surface area (Å²) in [7, 11) is 1.61. The Balaban J connectivity index is 2.82. The van der Waals surface area contributed by atoms with Crippen molar-refractivity contribution in [1.29, 1.82) is 0 Å². The van der Waals surface area contributed by atoms with Crippen LogP contribution in [0.25, 0.3) is 0 Å². The summed E-state index contributed by atoms with van der Waals surface area (Å²) < 4.78 is 5.03. The number of carbonyl (C=O) groups excluding carboxylic acids is 1. The molecule has 2 atom stereocenters. The van der Waals surface area contributed by atoms with Crippen LogP contribution in [0.1, 0.15) is 25.0 Å². The van der Waals surface area contributed by atoms with Crippen LogP contribution in [-0.2, 0) is 16.0 Å². The Morgan fingerprint density at radius 3 is 2.74 bits per heavy atom. The molecular weight excluding hydrogens is 262 g/mol. The van der Waals surface area contributed by atoms with Gasteiger partial charge in [-0.05, 0) is 24.5 Å². The molecule has 0 radical (unpaired) electrons. The van der Waals surface area contributed by atoms with Gasteiger partial charge in [0.25, 0.3) is 0 Å². The van der Waals surface area contributed by atoms with Gasteiger partial charge in [0.2, 0.25) is 5.91 Å². The number of methoxy groups -OCH3 is 1. The lowest BCUT2D eigenvalue weighted by Gasteiger charge is -2.19. The topological polar surface area (TPSA) is 38.3 Å². The first-order valence-corrected chi connectivity index (χ1v) is 6.97. The van der Waals surface area contributed by atoms with Gasteiger partial charge in [-0.2, -0.15) is 0 Å². The molecule has 1 aromatic carbocycles. The van der Waals surface area contributed by atoms with Gasteiger partial charge in [-0.15, -0.1) is 11.6 Å². The first kappa shape index (κ1) is 16.0. The minimum Gasteiger partial charge on any atom is -0.384 e. The van der Waals surface area contributed by atoms with Gasteiger partial charge in [0.1, 0.15) is 5.38 Å². The molecule has 1 rings (SSSR count). The van der Waals surface area contributed by atoms with E-state index in [1.165, 1.54) is 0 Å². The number of ether oxygens (including phenoxy) is 1.